The highest BCUT2D eigenvalue weighted by Gasteiger charge is 2.29. The van der Waals surface area contributed by atoms with E-state index in [1.807, 2.05) is 31.1 Å². The van der Waals surface area contributed by atoms with Gasteiger partial charge >= 0.3 is 5.97 Å². The van der Waals surface area contributed by atoms with Crippen LogP contribution in [0.2, 0.25) is 0 Å². The van der Waals surface area contributed by atoms with Gasteiger partial charge in [0.15, 0.2) is 0 Å². The van der Waals surface area contributed by atoms with Gasteiger partial charge in [0, 0.05) is 30.6 Å². The van der Waals surface area contributed by atoms with Crippen molar-refractivity contribution in [2.45, 2.75) is 44.0 Å². The number of carboxylic acids is 1. The molecule has 1 atom stereocenters. The molecule has 1 saturated heterocycles. The number of carboxylic acid groups (broad SMARTS) is 1. The lowest BCUT2D eigenvalue weighted by Crippen LogP contribution is -2.44. The zero-order valence-electron chi connectivity index (χ0n) is 18.2. The number of fused-ring (bicyclic) bond motifs is 1. The monoisotopic (exact) mass is 435 g/mol. The lowest BCUT2D eigenvalue weighted by molar-refractivity contribution is -0.140. The van der Waals surface area contributed by atoms with Crippen molar-refractivity contribution in [1.82, 2.24) is 10.0 Å². The van der Waals surface area contributed by atoms with Gasteiger partial charge in [-0.15, -0.1) is 0 Å². The van der Waals surface area contributed by atoms with Gasteiger partial charge in [0.25, 0.3) is 0 Å². The molecule has 0 amide bonds. The summed E-state index contributed by atoms with van der Waals surface area (Å²) < 4.78 is 27.8. The smallest absolute Gasteiger partial charge is 0.322 e. The van der Waals surface area contributed by atoms with E-state index in [0.717, 1.165) is 11.1 Å². The van der Waals surface area contributed by atoms with Gasteiger partial charge < -0.3 is 15.3 Å². The highest BCUT2D eigenvalue weighted by atomic mass is 32.2. The van der Waals surface area contributed by atoms with Crippen molar-refractivity contribution in [3.63, 3.8) is 0 Å². The number of nitrogens with zero attached hydrogens (tertiary/aromatic N) is 1. The zero-order chi connectivity index (χ0) is 22.3. The molecule has 1 fully saturated rings. The van der Waals surface area contributed by atoms with Crippen molar-refractivity contribution in [3.8, 4) is 0 Å². The minimum absolute atomic E-state index is 0.0793. The van der Waals surface area contributed by atoms with Crippen LogP contribution in [0.1, 0.15) is 33.1 Å². The normalized spacial score (nSPS) is 15.4. The third-order valence-electron chi connectivity index (χ3n) is 5.05. The van der Waals surface area contributed by atoms with Crippen LogP contribution in [0.25, 0.3) is 10.8 Å². The van der Waals surface area contributed by atoms with Crippen molar-refractivity contribution in [1.29, 1.82) is 0 Å². The molecule has 0 radical (unpaired) electrons. The summed E-state index contributed by atoms with van der Waals surface area (Å²) in [5, 5.41) is 13.9. The molecule has 2 aromatic carbocycles. The zero-order valence-corrected chi connectivity index (χ0v) is 19.0. The van der Waals surface area contributed by atoms with Gasteiger partial charge in [-0.1, -0.05) is 44.5 Å². The first-order chi connectivity index (χ1) is 14.1. The van der Waals surface area contributed by atoms with Gasteiger partial charge in [0.05, 0.1) is 4.90 Å². The second-order valence-electron chi connectivity index (χ2n) is 8.01. The molecule has 1 heterocycles. The van der Waals surface area contributed by atoms with E-state index in [0.29, 0.717) is 5.39 Å². The number of anilines is 1. The number of hydrogen-bond acceptors (Lipinski definition) is 5. The molecule has 3 rings (SSSR count). The SMILES string of the molecule is C1CCNCC1.CC(C)C(NS(=O)(=O)c1cccc2c(N(C)C)cccc12)C(=O)O. The van der Waals surface area contributed by atoms with Gasteiger partial charge in [-0.3, -0.25) is 4.79 Å². The van der Waals surface area contributed by atoms with Crippen LogP contribution in [0.4, 0.5) is 5.69 Å². The summed E-state index contributed by atoms with van der Waals surface area (Å²) in [5.41, 5.74) is 0.892. The topological polar surface area (TPSA) is 98.7 Å². The van der Waals surface area contributed by atoms with Crippen molar-refractivity contribution >= 4 is 32.5 Å². The van der Waals surface area contributed by atoms with E-state index in [2.05, 4.69) is 10.0 Å². The molecule has 0 aliphatic carbocycles. The van der Waals surface area contributed by atoms with E-state index in [9.17, 15) is 18.3 Å². The minimum atomic E-state index is -3.97. The van der Waals surface area contributed by atoms with Crippen LogP contribution in [0.15, 0.2) is 41.3 Å². The summed E-state index contributed by atoms with van der Waals surface area (Å²) in [4.78, 5) is 13.3. The standard InChI is InChI=1S/C17H22N2O4S.C5H11N/c1-11(2)16(17(20)21)18-24(22,23)15-10-6-7-12-13(15)8-5-9-14(12)19(3)4;1-2-4-6-5-3-1/h5-11,16,18H,1-4H3,(H,20,21);6H,1-5H2. The molecule has 0 aromatic heterocycles. The molecule has 1 unspecified atom stereocenters. The second-order valence-corrected chi connectivity index (χ2v) is 9.70. The lowest BCUT2D eigenvalue weighted by Gasteiger charge is -2.20. The summed E-state index contributed by atoms with van der Waals surface area (Å²) in [5.74, 6) is -1.56. The second kappa shape index (κ2) is 10.7. The van der Waals surface area contributed by atoms with Crippen LogP contribution in [-0.2, 0) is 14.8 Å². The number of carbonyl (C=O) groups is 1. The van der Waals surface area contributed by atoms with Crippen LogP contribution in [0, 0.1) is 5.92 Å². The van der Waals surface area contributed by atoms with Gasteiger partial charge in [-0.25, -0.2) is 8.42 Å². The number of rotatable bonds is 6. The van der Waals surface area contributed by atoms with Gasteiger partial charge in [-0.05, 0) is 44.0 Å². The molecular formula is C22H33N3O4S. The fourth-order valence-corrected chi connectivity index (χ4v) is 4.95. The Kier molecular flexibility index (Phi) is 8.64. The number of aliphatic carboxylic acids is 1. The largest absolute Gasteiger partial charge is 0.480 e. The molecule has 30 heavy (non-hydrogen) atoms. The summed E-state index contributed by atoms with van der Waals surface area (Å²) in [6, 6.07) is 9.23. The lowest BCUT2D eigenvalue weighted by atomic mass is 10.1. The predicted octanol–water partition coefficient (Wildman–Crippen LogP) is 3.05. The third kappa shape index (κ3) is 6.17. The molecule has 0 saturated carbocycles. The van der Waals surface area contributed by atoms with E-state index < -0.39 is 22.0 Å². The Labute approximate surface area is 179 Å². The van der Waals surface area contributed by atoms with Crippen molar-refractivity contribution in [2.75, 3.05) is 32.1 Å². The highest BCUT2D eigenvalue weighted by Crippen LogP contribution is 2.30. The number of nitrogens with one attached hydrogen (secondary N) is 2. The molecule has 166 valence electrons. The number of sulfonamides is 1. The number of benzene rings is 2. The fourth-order valence-electron chi connectivity index (χ4n) is 3.39. The molecule has 2 aromatic rings. The van der Waals surface area contributed by atoms with E-state index in [-0.39, 0.29) is 10.8 Å². The fraction of sp³-hybridized carbons (Fsp3) is 0.500. The molecule has 1 aliphatic rings. The Bertz CT molecular complexity index is 942. The van der Waals surface area contributed by atoms with Crippen molar-refractivity contribution in [2.24, 2.45) is 5.92 Å². The van der Waals surface area contributed by atoms with Gasteiger partial charge in [0.1, 0.15) is 6.04 Å². The molecular weight excluding hydrogens is 402 g/mol. The summed E-state index contributed by atoms with van der Waals surface area (Å²) >= 11 is 0. The molecule has 1 aliphatic heterocycles. The van der Waals surface area contributed by atoms with Crippen LogP contribution in [0.3, 0.4) is 0 Å². The highest BCUT2D eigenvalue weighted by molar-refractivity contribution is 7.89. The maximum Gasteiger partial charge on any atom is 0.322 e. The summed E-state index contributed by atoms with van der Waals surface area (Å²) in [6.45, 7) is 5.82. The molecule has 0 spiro atoms. The Hall–Kier alpha value is -2.16. The summed E-state index contributed by atoms with van der Waals surface area (Å²) in [7, 11) is -0.203. The Morgan fingerprint density at radius 1 is 1.03 bits per heavy atom. The summed E-state index contributed by atoms with van der Waals surface area (Å²) in [6.07, 6.45) is 4.22. The van der Waals surface area contributed by atoms with Crippen LogP contribution in [-0.4, -0.2) is 52.7 Å². The molecule has 3 N–H and O–H groups in total. The first kappa shape index (κ1) is 24.1. The van der Waals surface area contributed by atoms with Crippen LogP contribution < -0.4 is 14.9 Å². The quantitative estimate of drug-likeness (QED) is 0.645. The average molecular weight is 436 g/mol. The minimum Gasteiger partial charge on any atom is -0.480 e. The number of piperidine rings is 1. The van der Waals surface area contributed by atoms with Crippen molar-refractivity contribution in [3.05, 3.63) is 36.4 Å². The average Bonchev–Trinajstić information content (AvgIpc) is 2.72. The van der Waals surface area contributed by atoms with E-state index >= 15 is 0 Å². The van der Waals surface area contributed by atoms with E-state index in [4.69, 9.17) is 0 Å². The molecule has 8 heteroatoms. The van der Waals surface area contributed by atoms with E-state index in [1.54, 1.807) is 32.0 Å². The van der Waals surface area contributed by atoms with Crippen LogP contribution in [0.5, 0.6) is 0 Å². The Morgan fingerprint density at radius 3 is 2.10 bits per heavy atom. The first-order valence-electron chi connectivity index (χ1n) is 10.3. The molecule has 7 nitrogen and oxygen atoms in total. The van der Waals surface area contributed by atoms with E-state index in [1.165, 1.54) is 38.4 Å². The maximum atomic E-state index is 12.8. The predicted molar refractivity (Wildman–Crippen MR) is 122 cm³/mol. The Morgan fingerprint density at radius 2 is 1.63 bits per heavy atom. The first-order valence-corrected chi connectivity index (χ1v) is 11.8. The Balaban J connectivity index is 0.000000456. The third-order valence-corrected chi connectivity index (χ3v) is 6.55. The number of hydrogen-bond donors (Lipinski definition) is 3. The van der Waals surface area contributed by atoms with Crippen molar-refractivity contribution < 1.29 is 18.3 Å². The van der Waals surface area contributed by atoms with Gasteiger partial charge in [-0.2, -0.15) is 4.72 Å². The maximum absolute atomic E-state index is 12.8. The molecule has 0 bridgehead atoms. The van der Waals surface area contributed by atoms with Gasteiger partial charge in [0.2, 0.25) is 10.0 Å². The van der Waals surface area contributed by atoms with Crippen LogP contribution >= 0.6 is 0 Å².